The van der Waals surface area contributed by atoms with Crippen molar-refractivity contribution in [2.24, 2.45) is 5.73 Å². The van der Waals surface area contributed by atoms with Crippen LogP contribution in [0.3, 0.4) is 0 Å². The molecule has 9 heteroatoms. The van der Waals surface area contributed by atoms with Gasteiger partial charge in [-0.1, -0.05) is 0 Å². The minimum atomic E-state index is -3.71. The number of hydrogen-bond donors (Lipinski definition) is 3. The number of halogens is 2. The standard InChI is InChI=1S/C15H11F2N3O4/c16-15(17)23-11-6-5-10(7-12(11)24-15)19-13(21)8-1-3-9(4-2-8)20-14(18)22/h1-7H,(H,19,21)(H3,18,20,22). The van der Waals surface area contributed by atoms with Gasteiger partial charge in [0.15, 0.2) is 11.5 Å². The second-order valence-electron chi connectivity index (χ2n) is 4.85. The third-order valence-corrected chi connectivity index (χ3v) is 3.07. The highest BCUT2D eigenvalue weighted by Gasteiger charge is 2.43. The monoisotopic (exact) mass is 335 g/mol. The number of urea groups is 1. The number of carbonyl (C=O) groups is 2. The molecule has 0 saturated heterocycles. The van der Waals surface area contributed by atoms with Crippen molar-refractivity contribution in [3.8, 4) is 11.5 Å². The number of nitrogens with two attached hydrogens (primary N) is 1. The van der Waals surface area contributed by atoms with E-state index < -0.39 is 18.2 Å². The maximum Gasteiger partial charge on any atom is 0.586 e. The van der Waals surface area contributed by atoms with Gasteiger partial charge in [0.25, 0.3) is 5.91 Å². The summed E-state index contributed by atoms with van der Waals surface area (Å²) in [4.78, 5) is 22.9. The molecule has 0 aromatic heterocycles. The van der Waals surface area contributed by atoms with Crippen LogP contribution in [0.5, 0.6) is 11.5 Å². The Morgan fingerprint density at radius 3 is 2.21 bits per heavy atom. The molecule has 0 bridgehead atoms. The lowest BCUT2D eigenvalue weighted by Gasteiger charge is -2.07. The molecule has 0 saturated carbocycles. The number of amides is 3. The fourth-order valence-electron chi connectivity index (χ4n) is 2.08. The van der Waals surface area contributed by atoms with E-state index in [2.05, 4.69) is 20.1 Å². The second kappa shape index (κ2) is 5.69. The van der Waals surface area contributed by atoms with Crippen LogP contribution in [0, 0.1) is 0 Å². The maximum atomic E-state index is 13.0. The summed E-state index contributed by atoms with van der Waals surface area (Å²) < 4.78 is 34.5. The van der Waals surface area contributed by atoms with E-state index in [9.17, 15) is 18.4 Å². The van der Waals surface area contributed by atoms with Crippen LogP contribution in [0.25, 0.3) is 0 Å². The average Bonchev–Trinajstić information content (AvgIpc) is 2.80. The first-order valence-electron chi connectivity index (χ1n) is 6.70. The Morgan fingerprint density at radius 2 is 1.54 bits per heavy atom. The van der Waals surface area contributed by atoms with Crippen molar-refractivity contribution in [2.75, 3.05) is 10.6 Å². The van der Waals surface area contributed by atoms with Gasteiger partial charge in [-0.2, -0.15) is 0 Å². The Bertz CT molecular complexity index is 809. The molecule has 0 unspecified atom stereocenters. The first kappa shape index (κ1) is 15.5. The quantitative estimate of drug-likeness (QED) is 0.802. The van der Waals surface area contributed by atoms with Gasteiger partial charge >= 0.3 is 12.3 Å². The number of benzene rings is 2. The summed E-state index contributed by atoms with van der Waals surface area (Å²) in [6, 6.07) is 9.14. The van der Waals surface area contributed by atoms with Crippen LogP contribution in [0.1, 0.15) is 10.4 Å². The van der Waals surface area contributed by atoms with Crippen molar-refractivity contribution in [1.29, 1.82) is 0 Å². The Morgan fingerprint density at radius 1 is 0.917 bits per heavy atom. The zero-order valence-corrected chi connectivity index (χ0v) is 12.0. The first-order valence-corrected chi connectivity index (χ1v) is 6.70. The van der Waals surface area contributed by atoms with E-state index in [1.165, 1.54) is 42.5 Å². The smallest absolute Gasteiger partial charge is 0.395 e. The summed E-state index contributed by atoms with van der Waals surface area (Å²) in [7, 11) is 0. The minimum absolute atomic E-state index is 0.111. The second-order valence-corrected chi connectivity index (χ2v) is 4.85. The molecule has 0 atom stereocenters. The summed E-state index contributed by atoms with van der Waals surface area (Å²) in [5.41, 5.74) is 5.98. The van der Waals surface area contributed by atoms with Gasteiger partial charge < -0.3 is 25.8 Å². The SMILES string of the molecule is NC(=O)Nc1ccc(C(=O)Nc2ccc3c(c2)OC(F)(F)O3)cc1. The number of anilines is 2. The predicted molar refractivity (Wildman–Crippen MR) is 80.2 cm³/mol. The van der Waals surface area contributed by atoms with Crippen molar-refractivity contribution in [3.63, 3.8) is 0 Å². The van der Waals surface area contributed by atoms with E-state index in [-0.39, 0.29) is 17.2 Å². The van der Waals surface area contributed by atoms with Crippen molar-refractivity contribution in [2.45, 2.75) is 6.29 Å². The first-order chi connectivity index (χ1) is 11.3. The van der Waals surface area contributed by atoms with E-state index in [0.717, 1.165) is 0 Å². The molecular weight excluding hydrogens is 324 g/mol. The molecule has 1 aliphatic rings. The highest BCUT2D eigenvalue weighted by molar-refractivity contribution is 6.04. The van der Waals surface area contributed by atoms with Gasteiger partial charge in [0, 0.05) is 23.0 Å². The summed E-state index contributed by atoms with van der Waals surface area (Å²) in [6.07, 6.45) is -3.71. The fourth-order valence-corrected chi connectivity index (χ4v) is 2.08. The Kier molecular flexibility index (Phi) is 3.68. The molecule has 4 N–H and O–H groups in total. The van der Waals surface area contributed by atoms with Gasteiger partial charge in [-0.25, -0.2) is 4.79 Å². The lowest BCUT2D eigenvalue weighted by atomic mass is 10.2. The number of fused-ring (bicyclic) bond motifs is 1. The van der Waals surface area contributed by atoms with Gasteiger partial charge in [-0.3, -0.25) is 4.79 Å². The van der Waals surface area contributed by atoms with Gasteiger partial charge in [-0.05, 0) is 36.4 Å². The third kappa shape index (κ3) is 3.35. The van der Waals surface area contributed by atoms with Crippen LogP contribution in [-0.4, -0.2) is 18.2 Å². The highest BCUT2D eigenvalue weighted by atomic mass is 19.3. The van der Waals surface area contributed by atoms with Crippen molar-refractivity contribution >= 4 is 23.3 Å². The van der Waals surface area contributed by atoms with Crippen LogP contribution in [0.2, 0.25) is 0 Å². The normalized spacial score (nSPS) is 14.1. The molecule has 7 nitrogen and oxygen atoms in total. The molecule has 0 spiro atoms. The molecule has 124 valence electrons. The number of primary amides is 1. The fraction of sp³-hybridized carbons (Fsp3) is 0.0667. The summed E-state index contributed by atoms with van der Waals surface area (Å²) in [5.74, 6) is -0.745. The van der Waals surface area contributed by atoms with Crippen LogP contribution in [0.15, 0.2) is 42.5 Å². The molecule has 3 rings (SSSR count). The summed E-state index contributed by atoms with van der Waals surface area (Å²) in [5, 5.41) is 4.91. The summed E-state index contributed by atoms with van der Waals surface area (Å²) >= 11 is 0. The van der Waals surface area contributed by atoms with Gasteiger partial charge in [-0.15, -0.1) is 8.78 Å². The molecule has 0 fully saturated rings. The molecule has 1 heterocycles. The largest absolute Gasteiger partial charge is 0.586 e. The van der Waals surface area contributed by atoms with Crippen molar-refractivity contribution in [1.82, 2.24) is 0 Å². The van der Waals surface area contributed by atoms with E-state index in [1.54, 1.807) is 0 Å². The van der Waals surface area contributed by atoms with E-state index in [4.69, 9.17) is 5.73 Å². The Balaban J connectivity index is 1.70. The van der Waals surface area contributed by atoms with E-state index in [1.807, 2.05) is 0 Å². The molecule has 2 aromatic carbocycles. The Hall–Kier alpha value is -3.36. The number of hydrogen-bond acceptors (Lipinski definition) is 4. The lowest BCUT2D eigenvalue weighted by molar-refractivity contribution is -0.286. The molecule has 0 aliphatic carbocycles. The number of alkyl halides is 2. The molecule has 1 aliphatic heterocycles. The number of ether oxygens (including phenoxy) is 2. The average molecular weight is 335 g/mol. The number of nitrogens with one attached hydrogen (secondary N) is 2. The van der Waals surface area contributed by atoms with Crippen LogP contribution in [-0.2, 0) is 0 Å². The predicted octanol–water partition coefficient (Wildman–Crippen LogP) is 2.75. The van der Waals surface area contributed by atoms with Crippen LogP contribution >= 0.6 is 0 Å². The van der Waals surface area contributed by atoms with E-state index in [0.29, 0.717) is 11.3 Å². The highest BCUT2D eigenvalue weighted by Crippen LogP contribution is 2.42. The molecular formula is C15H11F2N3O4. The molecule has 2 aromatic rings. The maximum absolute atomic E-state index is 13.0. The molecule has 3 amide bonds. The third-order valence-electron chi connectivity index (χ3n) is 3.07. The van der Waals surface area contributed by atoms with Crippen LogP contribution in [0.4, 0.5) is 25.0 Å². The molecule has 0 radical (unpaired) electrons. The molecule has 24 heavy (non-hydrogen) atoms. The van der Waals surface area contributed by atoms with E-state index >= 15 is 0 Å². The van der Waals surface area contributed by atoms with Gasteiger partial charge in [0.05, 0.1) is 0 Å². The lowest BCUT2D eigenvalue weighted by Crippen LogP contribution is -2.25. The number of carbonyl (C=O) groups excluding carboxylic acids is 2. The number of rotatable bonds is 3. The van der Waals surface area contributed by atoms with Crippen LogP contribution < -0.4 is 25.8 Å². The Labute approximate surface area is 134 Å². The minimum Gasteiger partial charge on any atom is -0.395 e. The topological polar surface area (TPSA) is 103 Å². The van der Waals surface area contributed by atoms with Gasteiger partial charge in [0.1, 0.15) is 0 Å². The van der Waals surface area contributed by atoms with Gasteiger partial charge in [0.2, 0.25) is 0 Å². The van der Waals surface area contributed by atoms with Crippen molar-refractivity contribution < 1.29 is 27.8 Å². The zero-order chi connectivity index (χ0) is 17.3. The van der Waals surface area contributed by atoms with Crippen molar-refractivity contribution in [3.05, 3.63) is 48.0 Å². The summed E-state index contributed by atoms with van der Waals surface area (Å²) in [6.45, 7) is 0. The zero-order valence-electron chi connectivity index (χ0n) is 12.0.